The van der Waals surface area contributed by atoms with Gasteiger partial charge in [-0.05, 0) is 43.1 Å². The number of ether oxygens (including phenoxy) is 1. The molecule has 4 rings (SSSR count). The van der Waals surface area contributed by atoms with Gasteiger partial charge >= 0.3 is 11.6 Å². The molecule has 2 aromatic rings. The largest absolute Gasteiger partial charge is 0.403 e. The number of nitrogens with zero attached hydrogens (tertiary/aromatic N) is 2. The number of nitrogens with one attached hydrogen (secondary N) is 1. The van der Waals surface area contributed by atoms with Crippen molar-refractivity contribution in [1.82, 2.24) is 9.97 Å². The third-order valence-electron chi connectivity index (χ3n) is 5.34. The summed E-state index contributed by atoms with van der Waals surface area (Å²) in [5.41, 5.74) is 1.02. The highest BCUT2D eigenvalue weighted by Gasteiger charge is 2.36. The number of hydrogen-bond donors (Lipinski definition) is 1. The van der Waals surface area contributed by atoms with E-state index in [2.05, 4.69) is 22.0 Å². The standard InChI is InChI=1S/C19H23N3O5/c1-19(7-8-19)6-2-3-12-11-14(23)26-17-15(12)16(24)20-18(21-17)27-22-13-4-9-25-10-5-13/h11H,2-10H2,1H3,(H,20,21,24). The number of aromatic nitrogens is 2. The second-order valence-electron chi connectivity index (χ2n) is 7.67. The van der Waals surface area contributed by atoms with Gasteiger partial charge in [-0.1, -0.05) is 12.1 Å². The van der Waals surface area contributed by atoms with Crippen molar-refractivity contribution in [1.29, 1.82) is 0 Å². The Labute approximate surface area is 155 Å². The summed E-state index contributed by atoms with van der Waals surface area (Å²) in [6, 6.07) is 1.30. The lowest BCUT2D eigenvalue weighted by molar-refractivity contribution is 0.132. The van der Waals surface area contributed by atoms with Crippen molar-refractivity contribution in [3.05, 3.63) is 32.4 Å². The van der Waals surface area contributed by atoms with Gasteiger partial charge in [0.2, 0.25) is 5.71 Å². The first kappa shape index (κ1) is 17.9. The van der Waals surface area contributed by atoms with E-state index in [0.717, 1.165) is 18.6 Å². The van der Waals surface area contributed by atoms with Crippen LogP contribution in [0, 0.1) is 5.41 Å². The molecule has 1 aliphatic heterocycles. The van der Waals surface area contributed by atoms with E-state index in [1.807, 2.05) is 0 Å². The molecule has 3 heterocycles. The Hall–Kier alpha value is -2.48. The van der Waals surface area contributed by atoms with Crippen LogP contribution in [0.5, 0.6) is 6.01 Å². The van der Waals surface area contributed by atoms with E-state index in [1.165, 1.54) is 18.9 Å². The van der Waals surface area contributed by atoms with Gasteiger partial charge in [-0.15, -0.1) is 0 Å². The Morgan fingerprint density at radius 2 is 2.07 bits per heavy atom. The first-order valence-corrected chi connectivity index (χ1v) is 9.40. The molecule has 0 atom stereocenters. The topological polar surface area (TPSA) is 107 Å². The minimum atomic E-state index is -0.519. The fourth-order valence-corrected chi connectivity index (χ4v) is 3.34. The molecule has 1 aliphatic carbocycles. The summed E-state index contributed by atoms with van der Waals surface area (Å²) in [6.07, 6.45) is 6.51. The van der Waals surface area contributed by atoms with Gasteiger partial charge in [0.05, 0.1) is 18.9 Å². The lowest BCUT2D eigenvalue weighted by atomic mass is 9.98. The van der Waals surface area contributed by atoms with Gasteiger partial charge in [0.25, 0.3) is 5.56 Å². The second-order valence-corrected chi connectivity index (χ2v) is 7.67. The number of fused-ring (bicyclic) bond motifs is 1. The molecule has 0 spiro atoms. The van der Waals surface area contributed by atoms with Crippen LogP contribution in [0.4, 0.5) is 0 Å². The average Bonchev–Trinajstić information content (AvgIpc) is 3.37. The predicted octanol–water partition coefficient (Wildman–Crippen LogP) is 2.54. The molecule has 8 heteroatoms. The van der Waals surface area contributed by atoms with Gasteiger partial charge in [-0.3, -0.25) is 9.78 Å². The predicted molar refractivity (Wildman–Crippen MR) is 99.3 cm³/mol. The van der Waals surface area contributed by atoms with Crippen molar-refractivity contribution in [2.24, 2.45) is 10.6 Å². The lowest BCUT2D eigenvalue weighted by Crippen LogP contribution is -2.17. The zero-order chi connectivity index (χ0) is 18.9. The van der Waals surface area contributed by atoms with Crippen molar-refractivity contribution >= 4 is 16.8 Å². The van der Waals surface area contributed by atoms with Crippen LogP contribution in [0.1, 0.15) is 51.0 Å². The fourth-order valence-electron chi connectivity index (χ4n) is 3.34. The number of rotatable bonds is 6. The number of aryl methyl sites for hydroxylation is 1. The molecule has 0 unspecified atom stereocenters. The lowest BCUT2D eigenvalue weighted by Gasteiger charge is -2.12. The first-order valence-electron chi connectivity index (χ1n) is 9.40. The van der Waals surface area contributed by atoms with Crippen LogP contribution in [0.3, 0.4) is 0 Å². The van der Waals surface area contributed by atoms with E-state index in [1.54, 1.807) is 0 Å². The second kappa shape index (κ2) is 7.26. The molecule has 1 saturated carbocycles. The highest BCUT2D eigenvalue weighted by atomic mass is 16.6. The minimum absolute atomic E-state index is 0.0129. The van der Waals surface area contributed by atoms with Gasteiger partial charge in [0, 0.05) is 18.9 Å². The maximum absolute atomic E-state index is 12.5. The molecule has 2 aliphatic rings. The highest BCUT2D eigenvalue weighted by Crippen LogP contribution is 2.49. The first-order chi connectivity index (χ1) is 13.0. The third-order valence-corrected chi connectivity index (χ3v) is 5.34. The van der Waals surface area contributed by atoms with Gasteiger partial charge in [-0.2, -0.15) is 4.98 Å². The molecular weight excluding hydrogens is 350 g/mol. The van der Waals surface area contributed by atoms with Crippen molar-refractivity contribution < 1.29 is 14.0 Å². The maximum atomic E-state index is 12.5. The van der Waals surface area contributed by atoms with E-state index in [0.29, 0.717) is 48.8 Å². The summed E-state index contributed by atoms with van der Waals surface area (Å²) in [7, 11) is 0. The van der Waals surface area contributed by atoms with Gasteiger partial charge < -0.3 is 14.0 Å². The molecule has 0 amide bonds. The van der Waals surface area contributed by atoms with E-state index in [4.69, 9.17) is 14.0 Å². The smallest absolute Gasteiger partial charge is 0.337 e. The Balaban J connectivity index is 1.58. The van der Waals surface area contributed by atoms with Crippen LogP contribution in [0.2, 0.25) is 0 Å². The van der Waals surface area contributed by atoms with Gasteiger partial charge in [-0.25, -0.2) is 4.79 Å². The molecule has 1 saturated heterocycles. The minimum Gasteiger partial charge on any atom is -0.403 e. The Morgan fingerprint density at radius 3 is 2.81 bits per heavy atom. The van der Waals surface area contributed by atoms with Gasteiger partial charge in [0.15, 0.2) is 0 Å². The number of H-pyrrole nitrogens is 1. The summed E-state index contributed by atoms with van der Waals surface area (Å²) in [5, 5.41) is 4.32. The maximum Gasteiger partial charge on any atom is 0.337 e. The quantitative estimate of drug-likeness (QED) is 0.780. The zero-order valence-corrected chi connectivity index (χ0v) is 15.4. The van der Waals surface area contributed by atoms with Crippen LogP contribution >= 0.6 is 0 Å². The molecular formula is C19H23N3O5. The van der Waals surface area contributed by atoms with Crippen LogP contribution in [-0.4, -0.2) is 28.9 Å². The SMILES string of the molecule is CC1(CCCc2cc(=O)oc3nc(ON=C4CCOCC4)[nH]c(=O)c23)CC1. The number of hydrogen-bond acceptors (Lipinski definition) is 7. The Kier molecular flexibility index (Phi) is 4.82. The van der Waals surface area contributed by atoms with E-state index in [-0.39, 0.29) is 11.7 Å². The van der Waals surface area contributed by atoms with Crippen LogP contribution < -0.4 is 16.0 Å². The molecule has 8 nitrogen and oxygen atoms in total. The summed E-state index contributed by atoms with van der Waals surface area (Å²) in [5.74, 6) is 0. The highest BCUT2D eigenvalue weighted by molar-refractivity contribution is 5.84. The fraction of sp³-hybridized carbons (Fsp3) is 0.579. The normalized spacial score (nSPS) is 18.5. The summed E-state index contributed by atoms with van der Waals surface area (Å²) in [4.78, 5) is 36.4. The number of aromatic amines is 1. The zero-order valence-electron chi connectivity index (χ0n) is 15.4. The van der Waals surface area contributed by atoms with Crippen molar-refractivity contribution in [2.45, 2.75) is 51.9 Å². The molecule has 2 aromatic heterocycles. The molecule has 1 N–H and O–H groups in total. The average molecular weight is 373 g/mol. The molecule has 0 bridgehead atoms. The van der Waals surface area contributed by atoms with Crippen LogP contribution in [0.15, 0.2) is 25.2 Å². The summed E-state index contributed by atoms with van der Waals surface area (Å²) < 4.78 is 10.4. The molecule has 144 valence electrons. The van der Waals surface area contributed by atoms with Crippen molar-refractivity contribution in [3.63, 3.8) is 0 Å². The monoisotopic (exact) mass is 373 g/mol. The van der Waals surface area contributed by atoms with E-state index >= 15 is 0 Å². The molecule has 0 radical (unpaired) electrons. The Bertz CT molecular complexity index is 979. The molecule has 0 aromatic carbocycles. The van der Waals surface area contributed by atoms with Crippen LogP contribution in [0.25, 0.3) is 11.1 Å². The third kappa shape index (κ3) is 4.27. The van der Waals surface area contributed by atoms with Crippen LogP contribution in [-0.2, 0) is 11.2 Å². The Morgan fingerprint density at radius 1 is 1.30 bits per heavy atom. The summed E-state index contributed by atoms with van der Waals surface area (Å²) >= 11 is 0. The number of oxime groups is 1. The van der Waals surface area contributed by atoms with E-state index < -0.39 is 11.2 Å². The molecule has 2 fully saturated rings. The molecule has 27 heavy (non-hydrogen) atoms. The van der Waals surface area contributed by atoms with Crippen molar-refractivity contribution in [3.8, 4) is 6.01 Å². The summed E-state index contributed by atoms with van der Waals surface area (Å²) in [6.45, 7) is 3.46. The van der Waals surface area contributed by atoms with E-state index in [9.17, 15) is 9.59 Å². The van der Waals surface area contributed by atoms with Gasteiger partial charge in [0.1, 0.15) is 5.39 Å². The van der Waals surface area contributed by atoms with Crippen molar-refractivity contribution in [2.75, 3.05) is 13.2 Å².